The highest BCUT2D eigenvalue weighted by atomic mass is 32.1. The van der Waals surface area contributed by atoms with Crippen molar-refractivity contribution in [2.45, 2.75) is 53.0 Å². The van der Waals surface area contributed by atoms with Gasteiger partial charge in [0.25, 0.3) is 0 Å². The van der Waals surface area contributed by atoms with Crippen LogP contribution in [0.3, 0.4) is 0 Å². The van der Waals surface area contributed by atoms with Gasteiger partial charge in [-0.15, -0.1) is 11.3 Å². The maximum atomic E-state index is 6.08. The van der Waals surface area contributed by atoms with Crippen molar-refractivity contribution in [3.8, 4) is 0 Å². The Morgan fingerprint density at radius 3 is 2.42 bits per heavy atom. The second-order valence-electron chi connectivity index (χ2n) is 6.32. The van der Waals surface area contributed by atoms with Crippen LogP contribution in [0.5, 0.6) is 0 Å². The molecule has 1 aliphatic rings. The first-order valence-electron chi connectivity index (χ1n) is 7.50. The zero-order valence-electron chi connectivity index (χ0n) is 12.8. The monoisotopic (exact) mass is 280 g/mol. The molecule has 1 aromatic rings. The Balaban J connectivity index is 2.10. The zero-order valence-corrected chi connectivity index (χ0v) is 13.6. The highest BCUT2D eigenvalue weighted by molar-refractivity contribution is 7.12. The highest BCUT2D eigenvalue weighted by Gasteiger charge is 2.32. The van der Waals surface area contributed by atoms with Gasteiger partial charge in [-0.3, -0.25) is 4.90 Å². The lowest BCUT2D eigenvalue weighted by atomic mass is 9.78. The predicted octanol–water partition coefficient (Wildman–Crippen LogP) is 3.88. The molecule has 3 heteroatoms. The molecule has 2 nitrogen and oxygen atoms in total. The Hall–Kier alpha value is -0.380. The fraction of sp³-hybridized carbons (Fsp3) is 0.750. The van der Waals surface area contributed by atoms with Gasteiger partial charge in [-0.1, -0.05) is 20.3 Å². The first kappa shape index (κ1) is 15.0. The van der Waals surface area contributed by atoms with Crippen LogP contribution in [0, 0.1) is 19.3 Å². The summed E-state index contributed by atoms with van der Waals surface area (Å²) in [6, 6.07) is 2.76. The minimum absolute atomic E-state index is 0.423. The van der Waals surface area contributed by atoms with Gasteiger partial charge in [0.1, 0.15) is 0 Å². The number of rotatable bonds is 4. The first-order valence-corrected chi connectivity index (χ1v) is 8.32. The number of thiophene rings is 1. The molecule has 2 N–H and O–H groups in total. The van der Waals surface area contributed by atoms with Crippen molar-refractivity contribution in [2.75, 3.05) is 19.6 Å². The van der Waals surface area contributed by atoms with Gasteiger partial charge in [0.15, 0.2) is 0 Å². The fourth-order valence-corrected chi connectivity index (χ4v) is 4.16. The van der Waals surface area contributed by atoms with Crippen molar-refractivity contribution in [1.82, 2.24) is 4.90 Å². The second-order valence-corrected chi connectivity index (χ2v) is 7.78. The van der Waals surface area contributed by atoms with E-state index in [9.17, 15) is 0 Å². The summed E-state index contributed by atoms with van der Waals surface area (Å²) in [5, 5.41) is 0. The van der Waals surface area contributed by atoms with Crippen LogP contribution >= 0.6 is 11.3 Å². The SMILES string of the molecule is CCC1(C)CCN(C(CN)c2cc(C)sc2C)CC1. The van der Waals surface area contributed by atoms with Crippen LogP contribution in [0.1, 0.15) is 54.5 Å². The molecule has 1 aromatic heterocycles. The van der Waals surface area contributed by atoms with E-state index in [4.69, 9.17) is 5.73 Å². The number of hydrogen-bond acceptors (Lipinski definition) is 3. The van der Waals surface area contributed by atoms with Gasteiger partial charge in [0.05, 0.1) is 0 Å². The topological polar surface area (TPSA) is 29.3 Å². The molecule has 2 heterocycles. The van der Waals surface area contributed by atoms with E-state index in [1.165, 1.54) is 47.7 Å². The second kappa shape index (κ2) is 5.94. The highest BCUT2D eigenvalue weighted by Crippen LogP contribution is 2.38. The molecular weight excluding hydrogens is 252 g/mol. The van der Waals surface area contributed by atoms with E-state index >= 15 is 0 Å². The van der Waals surface area contributed by atoms with E-state index in [1.54, 1.807) is 0 Å². The lowest BCUT2D eigenvalue weighted by Gasteiger charge is -2.42. The van der Waals surface area contributed by atoms with Crippen molar-refractivity contribution in [2.24, 2.45) is 11.1 Å². The summed E-state index contributed by atoms with van der Waals surface area (Å²) in [7, 11) is 0. The molecule has 1 unspecified atom stereocenters. The summed E-state index contributed by atoms with van der Waals surface area (Å²) >= 11 is 1.90. The fourth-order valence-electron chi connectivity index (χ4n) is 3.18. The van der Waals surface area contributed by atoms with Gasteiger partial charge in [-0.25, -0.2) is 0 Å². The minimum atomic E-state index is 0.423. The third kappa shape index (κ3) is 3.21. The van der Waals surface area contributed by atoms with Gasteiger partial charge < -0.3 is 5.73 Å². The van der Waals surface area contributed by atoms with E-state index in [-0.39, 0.29) is 0 Å². The summed E-state index contributed by atoms with van der Waals surface area (Å²) in [6.45, 7) is 12.3. The van der Waals surface area contributed by atoms with E-state index in [1.807, 2.05) is 11.3 Å². The van der Waals surface area contributed by atoms with Gasteiger partial charge >= 0.3 is 0 Å². The summed E-state index contributed by atoms with van der Waals surface area (Å²) < 4.78 is 0. The molecule has 0 amide bonds. The number of aryl methyl sites for hydroxylation is 2. The van der Waals surface area contributed by atoms with Crippen molar-refractivity contribution < 1.29 is 0 Å². The van der Waals surface area contributed by atoms with Crippen LogP contribution < -0.4 is 5.73 Å². The molecule has 1 saturated heterocycles. The summed E-state index contributed by atoms with van der Waals surface area (Å²) in [5.74, 6) is 0. The third-order valence-electron chi connectivity index (χ3n) is 4.96. The maximum absolute atomic E-state index is 6.08. The van der Waals surface area contributed by atoms with E-state index in [0.717, 1.165) is 6.54 Å². The third-order valence-corrected chi connectivity index (χ3v) is 5.94. The molecule has 0 radical (unpaired) electrons. The largest absolute Gasteiger partial charge is 0.329 e. The van der Waals surface area contributed by atoms with Crippen molar-refractivity contribution in [3.63, 3.8) is 0 Å². The Bertz CT molecular complexity index is 416. The Kier molecular flexibility index (Phi) is 4.70. The van der Waals surface area contributed by atoms with Crippen LogP contribution in [0.2, 0.25) is 0 Å². The summed E-state index contributed by atoms with van der Waals surface area (Å²) in [5.41, 5.74) is 8.09. The molecule has 1 fully saturated rings. The Morgan fingerprint density at radius 1 is 1.37 bits per heavy atom. The molecule has 2 rings (SSSR count). The van der Waals surface area contributed by atoms with E-state index in [0.29, 0.717) is 11.5 Å². The molecule has 1 aliphatic heterocycles. The van der Waals surface area contributed by atoms with E-state index < -0.39 is 0 Å². The molecule has 0 aromatic carbocycles. The average molecular weight is 280 g/mol. The van der Waals surface area contributed by atoms with E-state index in [2.05, 4.69) is 38.7 Å². The Morgan fingerprint density at radius 2 is 2.00 bits per heavy atom. The van der Waals surface area contributed by atoms with Crippen LogP contribution in [0.25, 0.3) is 0 Å². The minimum Gasteiger partial charge on any atom is -0.329 e. The Labute approximate surface area is 122 Å². The number of hydrogen-bond donors (Lipinski definition) is 1. The number of nitrogens with zero attached hydrogens (tertiary/aromatic N) is 1. The average Bonchev–Trinajstić information content (AvgIpc) is 2.72. The number of likely N-dealkylation sites (tertiary alicyclic amines) is 1. The van der Waals surface area contributed by atoms with Crippen LogP contribution in [0.15, 0.2) is 6.07 Å². The molecule has 108 valence electrons. The van der Waals surface area contributed by atoms with Gasteiger partial charge in [-0.2, -0.15) is 0 Å². The smallest absolute Gasteiger partial charge is 0.0481 e. The van der Waals surface area contributed by atoms with Crippen molar-refractivity contribution in [1.29, 1.82) is 0 Å². The van der Waals surface area contributed by atoms with Crippen molar-refractivity contribution in [3.05, 3.63) is 21.4 Å². The predicted molar refractivity (Wildman–Crippen MR) is 84.8 cm³/mol. The quantitative estimate of drug-likeness (QED) is 0.907. The molecule has 0 saturated carbocycles. The van der Waals surface area contributed by atoms with Gasteiger partial charge in [-0.05, 0) is 56.8 Å². The first-order chi connectivity index (χ1) is 8.99. The number of piperidine rings is 1. The lowest BCUT2D eigenvalue weighted by molar-refractivity contribution is 0.0828. The van der Waals surface area contributed by atoms with Crippen LogP contribution in [-0.2, 0) is 0 Å². The molecule has 0 aliphatic carbocycles. The maximum Gasteiger partial charge on any atom is 0.0481 e. The molecular formula is C16H28N2S. The van der Waals surface area contributed by atoms with Gasteiger partial charge in [0.2, 0.25) is 0 Å². The van der Waals surface area contributed by atoms with Crippen molar-refractivity contribution >= 4 is 11.3 Å². The standard InChI is InChI=1S/C16H28N2S/c1-5-16(4)6-8-18(9-7-16)15(11-17)14-10-12(2)19-13(14)3/h10,15H,5-9,11,17H2,1-4H3. The lowest BCUT2D eigenvalue weighted by Crippen LogP contribution is -2.42. The summed E-state index contributed by atoms with van der Waals surface area (Å²) in [4.78, 5) is 5.45. The molecule has 0 spiro atoms. The van der Waals surface area contributed by atoms with Gasteiger partial charge in [0, 0.05) is 22.3 Å². The van der Waals surface area contributed by atoms with Crippen LogP contribution in [-0.4, -0.2) is 24.5 Å². The number of nitrogens with two attached hydrogens (primary N) is 1. The molecule has 1 atom stereocenters. The molecule has 19 heavy (non-hydrogen) atoms. The summed E-state index contributed by atoms with van der Waals surface area (Å²) in [6.07, 6.45) is 3.91. The van der Waals surface area contributed by atoms with Crippen LogP contribution in [0.4, 0.5) is 0 Å². The zero-order chi connectivity index (χ0) is 14.0. The molecule has 0 bridgehead atoms. The normalized spacial score (nSPS) is 21.5.